The van der Waals surface area contributed by atoms with Gasteiger partial charge in [-0.05, 0) is 32.8 Å². The molecule has 1 saturated heterocycles. The van der Waals surface area contributed by atoms with Gasteiger partial charge in [-0.15, -0.1) is 11.6 Å². The molecule has 7 nitrogen and oxygen atoms in total. The van der Waals surface area contributed by atoms with Crippen LogP contribution in [0.4, 0.5) is 10.2 Å². The van der Waals surface area contributed by atoms with Crippen molar-refractivity contribution in [2.75, 3.05) is 17.8 Å². The highest BCUT2D eigenvalue weighted by molar-refractivity contribution is 6.18. The van der Waals surface area contributed by atoms with Crippen molar-refractivity contribution in [1.82, 2.24) is 9.55 Å². The summed E-state index contributed by atoms with van der Waals surface area (Å²) in [5, 5.41) is 11.2. The van der Waals surface area contributed by atoms with Gasteiger partial charge >= 0.3 is 5.69 Å². The number of ether oxygens (including phenoxy) is 1. The molecule has 9 heteroatoms. The second kappa shape index (κ2) is 11.6. The molecule has 1 aliphatic rings. The monoisotopic (exact) mass is 387 g/mol. The number of hydrogen-bond donors (Lipinski definition) is 2. The highest BCUT2D eigenvalue weighted by Gasteiger charge is 2.27. The first kappa shape index (κ1) is 22.0. The summed E-state index contributed by atoms with van der Waals surface area (Å²) in [7, 11) is 0. The fourth-order valence-corrected chi connectivity index (χ4v) is 2.34. The normalized spacial score (nSPS) is 19.6. The zero-order valence-corrected chi connectivity index (χ0v) is 15.4. The van der Waals surface area contributed by atoms with E-state index in [0.29, 0.717) is 18.7 Å². The average Bonchev–Trinajstić information content (AvgIpc) is 3.08. The summed E-state index contributed by atoms with van der Waals surface area (Å²) in [4.78, 5) is 26.7. The molecular weight excluding hydrogens is 365 g/mol. The van der Waals surface area contributed by atoms with Gasteiger partial charge in [0.05, 0.1) is 18.9 Å². The van der Waals surface area contributed by atoms with Crippen molar-refractivity contribution in [3.63, 3.8) is 0 Å². The number of hydrogen-bond acceptors (Lipinski definition) is 5. The van der Waals surface area contributed by atoms with Crippen LogP contribution in [0.25, 0.3) is 0 Å². The number of amides is 1. The number of aliphatic hydroxyl groups excluding tert-OH is 1. The minimum absolute atomic E-state index is 0.154. The summed E-state index contributed by atoms with van der Waals surface area (Å²) in [6, 6.07) is 0. The molecule has 0 spiro atoms. The third kappa shape index (κ3) is 6.70. The number of nitrogens with one attached hydrogen (secondary N) is 1. The van der Waals surface area contributed by atoms with Crippen LogP contribution in [0.1, 0.15) is 32.9 Å². The van der Waals surface area contributed by atoms with Crippen LogP contribution >= 0.6 is 11.6 Å². The molecule has 1 fully saturated rings. The number of carbonyl (C=O) groups is 1. The fourth-order valence-electron chi connectivity index (χ4n) is 2.16. The Morgan fingerprint density at radius 1 is 1.50 bits per heavy atom. The lowest BCUT2D eigenvalue weighted by molar-refractivity contribution is -0.112. The summed E-state index contributed by atoms with van der Waals surface area (Å²) < 4.78 is 20.3. The van der Waals surface area contributed by atoms with Gasteiger partial charge in [-0.2, -0.15) is 4.98 Å². The lowest BCUT2D eigenvalue weighted by atomic mass is 10.2. The van der Waals surface area contributed by atoms with Crippen LogP contribution in [0.5, 0.6) is 0 Å². The summed E-state index contributed by atoms with van der Waals surface area (Å²) in [5.74, 6) is -1.19. The standard InChI is InChI=1S/C13H16FN3O4.C4H7Cl/c1-2-3-10(19)15-12-9(14)6-17(13(20)16-12)11-5-4-8(7-18)21-11;1-2-3-4-5/h2-3,6,8,11,18H,4-5,7H2,1H3,(H,15,16,19,20);2-3H,4H2,1H3/b3-2+;3-2-. The molecule has 2 unspecified atom stereocenters. The van der Waals surface area contributed by atoms with E-state index in [2.05, 4.69) is 10.3 Å². The molecule has 0 bridgehead atoms. The maximum Gasteiger partial charge on any atom is 0.351 e. The van der Waals surface area contributed by atoms with Gasteiger partial charge in [0.15, 0.2) is 11.6 Å². The van der Waals surface area contributed by atoms with E-state index in [1.165, 1.54) is 12.2 Å². The van der Waals surface area contributed by atoms with E-state index in [1.54, 1.807) is 6.92 Å². The van der Waals surface area contributed by atoms with Crippen molar-refractivity contribution in [3.8, 4) is 0 Å². The number of carbonyl (C=O) groups excluding carboxylic acids is 1. The maximum atomic E-state index is 13.9. The Balaban J connectivity index is 0.000000597. The van der Waals surface area contributed by atoms with Gasteiger partial charge in [0.1, 0.15) is 6.23 Å². The smallest absolute Gasteiger partial charge is 0.351 e. The quantitative estimate of drug-likeness (QED) is 0.459. The van der Waals surface area contributed by atoms with E-state index >= 15 is 0 Å². The van der Waals surface area contributed by atoms with Gasteiger partial charge in [-0.25, -0.2) is 9.18 Å². The molecule has 2 N–H and O–H groups in total. The minimum Gasteiger partial charge on any atom is -0.394 e. The zero-order chi connectivity index (χ0) is 19.5. The van der Waals surface area contributed by atoms with Crippen LogP contribution in [0.2, 0.25) is 0 Å². The third-order valence-electron chi connectivity index (χ3n) is 3.39. The van der Waals surface area contributed by atoms with Crippen molar-refractivity contribution >= 4 is 23.3 Å². The van der Waals surface area contributed by atoms with Crippen molar-refractivity contribution in [2.45, 2.75) is 39.0 Å². The Morgan fingerprint density at radius 2 is 2.23 bits per heavy atom. The Bertz CT molecular complexity index is 706. The topological polar surface area (TPSA) is 93.5 Å². The molecule has 1 aromatic heterocycles. The van der Waals surface area contributed by atoms with Gasteiger partial charge in [0, 0.05) is 5.88 Å². The molecular formula is C17H23ClFN3O4. The SMILES string of the molecule is C/C=C/C(=O)Nc1nc(=O)n(C2CCC(CO)O2)cc1F.C/C=C\CCl. The Morgan fingerprint density at radius 3 is 2.73 bits per heavy atom. The molecule has 1 amide bonds. The summed E-state index contributed by atoms with van der Waals surface area (Å²) in [6.45, 7) is 3.43. The highest BCUT2D eigenvalue weighted by atomic mass is 35.5. The van der Waals surface area contributed by atoms with Crippen molar-refractivity contribution in [1.29, 1.82) is 0 Å². The molecule has 144 valence electrons. The van der Waals surface area contributed by atoms with Gasteiger partial charge < -0.3 is 15.2 Å². The Hall–Kier alpha value is -2.03. The van der Waals surface area contributed by atoms with Crippen molar-refractivity contribution in [2.24, 2.45) is 0 Å². The first-order valence-electron chi connectivity index (χ1n) is 8.12. The van der Waals surface area contributed by atoms with Crippen LogP contribution in [0.3, 0.4) is 0 Å². The van der Waals surface area contributed by atoms with Crippen molar-refractivity contribution in [3.05, 3.63) is 46.8 Å². The minimum atomic E-state index is -0.830. The molecule has 0 aliphatic carbocycles. The van der Waals surface area contributed by atoms with Gasteiger partial charge in [0.25, 0.3) is 0 Å². The fraction of sp³-hybridized carbons (Fsp3) is 0.471. The zero-order valence-electron chi connectivity index (χ0n) is 14.7. The predicted molar refractivity (Wildman–Crippen MR) is 97.7 cm³/mol. The van der Waals surface area contributed by atoms with E-state index < -0.39 is 29.5 Å². The number of rotatable bonds is 5. The van der Waals surface area contributed by atoms with Gasteiger partial charge in [-0.3, -0.25) is 9.36 Å². The molecule has 0 saturated carbocycles. The van der Waals surface area contributed by atoms with Crippen LogP contribution in [-0.2, 0) is 9.53 Å². The number of nitrogens with zero attached hydrogens (tertiary/aromatic N) is 2. The van der Waals surface area contributed by atoms with E-state index in [0.717, 1.165) is 10.8 Å². The molecule has 1 aliphatic heterocycles. The summed E-state index contributed by atoms with van der Waals surface area (Å²) in [5.41, 5.74) is -0.726. The van der Waals surface area contributed by atoms with Crippen LogP contribution in [-0.4, -0.2) is 39.2 Å². The molecule has 2 heterocycles. The number of alkyl halides is 1. The maximum absolute atomic E-state index is 13.9. The third-order valence-corrected chi connectivity index (χ3v) is 3.57. The average molecular weight is 388 g/mol. The number of allylic oxidation sites excluding steroid dienone is 3. The van der Waals surface area contributed by atoms with Gasteiger partial charge in [-0.1, -0.05) is 18.2 Å². The van der Waals surface area contributed by atoms with E-state index in [9.17, 15) is 14.0 Å². The lowest BCUT2D eigenvalue weighted by Gasteiger charge is -2.15. The Kier molecular flexibility index (Phi) is 9.79. The Labute approximate surface area is 156 Å². The molecule has 2 rings (SSSR count). The first-order chi connectivity index (χ1) is 12.5. The number of halogens is 2. The lowest BCUT2D eigenvalue weighted by Crippen LogP contribution is -2.29. The van der Waals surface area contributed by atoms with Crippen LogP contribution in [0.15, 0.2) is 35.3 Å². The predicted octanol–water partition coefficient (Wildman–Crippen LogP) is 2.37. The second-order valence-corrected chi connectivity index (χ2v) is 5.62. The summed E-state index contributed by atoms with van der Waals surface area (Å²) in [6.07, 6.45) is 7.48. The highest BCUT2D eigenvalue weighted by Crippen LogP contribution is 2.27. The van der Waals surface area contributed by atoms with E-state index in [-0.39, 0.29) is 12.7 Å². The first-order valence-corrected chi connectivity index (χ1v) is 8.66. The molecule has 1 aromatic rings. The van der Waals surface area contributed by atoms with Crippen molar-refractivity contribution < 1.29 is 19.0 Å². The van der Waals surface area contributed by atoms with E-state index in [1.807, 2.05) is 19.1 Å². The number of aliphatic hydroxyl groups is 1. The van der Waals surface area contributed by atoms with E-state index in [4.69, 9.17) is 21.4 Å². The summed E-state index contributed by atoms with van der Waals surface area (Å²) >= 11 is 5.21. The molecule has 0 aromatic carbocycles. The molecule has 0 radical (unpaired) electrons. The second-order valence-electron chi connectivity index (χ2n) is 5.31. The van der Waals surface area contributed by atoms with Crippen LogP contribution in [0, 0.1) is 5.82 Å². The number of anilines is 1. The van der Waals surface area contributed by atoms with Gasteiger partial charge in [0.2, 0.25) is 5.91 Å². The van der Waals surface area contributed by atoms with Crippen LogP contribution < -0.4 is 11.0 Å². The molecule has 2 atom stereocenters. The number of aromatic nitrogens is 2. The molecule has 26 heavy (non-hydrogen) atoms. The largest absolute Gasteiger partial charge is 0.394 e.